The highest BCUT2D eigenvalue weighted by Gasteiger charge is 2.27. The average molecular weight is 293 g/mol. The van der Waals surface area contributed by atoms with Crippen LogP contribution in [0.3, 0.4) is 0 Å². The first kappa shape index (κ1) is 15.6. The van der Waals surface area contributed by atoms with Crippen LogP contribution in [-0.4, -0.2) is 35.0 Å². The van der Waals surface area contributed by atoms with Gasteiger partial charge in [-0.15, -0.1) is 0 Å². The summed E-state index contributed by atoms with van der Waals surface area (Å²) in [5.74, 6) is 0.709. The molecule has 1 amide bonds. The number of piperidine rings is 1. The van der Waals surface area contributed by atoms with Crippen molar-refractivity contribution in [3.8, 4) is 0 Å². The normalized spacial score (nSPS) is 18.8. The predicted molar refractivity (Wildman–Crippen MR) is 78.3 cm³/mol. The first-order valence-electron chi connectivity index (χ1n) is 7.61. The van der Waals surface area contributed by atoms with Gasteiger partial charge < -0.3 is 14.4 Å². The highest BCUT2D eigenvalue weighted by molar-refractivity contribution is 5.93. The van der Waals surface area contributed by atoms with E-state index in [9.17, 15) is 9.59 Å². The van der Waals surface area contributed by atoms with Gasteiger partial charge >= 0.3 is 5.97 Å². The third-order valence-electron chi connectivity index (χ3n) is 4.08. The lowest BCUT2D eigenvalue weighted by atomic mass is 9.93. The van der Waals surface area contributed by atoms with Gasteiger partial charge in [0, 0.05) is 31.5 Å². The molecule has 1 N–H and O–H groups in total. The van der Waals surface area contributed by atoms with Crippen LogP contribution < -0.4 is 0 Å². The van der Waals surface area contributed by atoms with Crippen LogP contribution >= 0.6 is 0 Å². The molecule has 0 bridgehead atoms. The van der Waals surface area contributed by atoms with Gasteiger partial charge in [-0.1, -0.05) is 6.92 Å². The molecule has 1 aromatic rings. The SMILES string of the molecule is CCc1cc(C)c(C(=O)N2CCCC(CCC(=O)O)C2)o1. The fraction of sp³-hybridized carbons (Fsp3) is 0.625. The Hall–Kier alpha value is -1.78. The zero-order valence-corrected chi connectivity index (χ0v) is 12.7. The van der Waals surface area contributed by atoms with E-state index < -0.39 is 5.97 Å². The van der Waals surface area contributed by atoms with Crippen LogP contribution in [0.25, 0.3) is 0 Å². The number of furan rings is 1. The van der Waals surface area contributed by atoms with Crippen molar-refractivity contribution in [1.29, 1.82) is 0 Å². The Morgan fingerprint density at radius 2 is 2.24 bits per heavy atom. The van der Waals surface area contributed by atoms with Crippen LogP contribution in [0.2, 0.25) is 0 Å². The molecule has 1 aliphatic rings. The lowest BCUT2D eigenvalue weighted by molar-refractivity contribution is -0.137. The van der Waals surface area contributed by atoms with Gasteiger partial charge in [-0.25, -0.2) is 0 Å². The quantitative estimate of drug-likeness (QED) is 0.906. The van der Waals surface area contributed by atoms with Crippen LogP contribution in [0.15, 0.2) is 10.5 Å². The number of carboxylic acid groups (broad SMARTS) is 1. The van der Waals surface area contributed by atoms with Crippen molar-refractivity contribution in [1.82, 2.24) is 4.90 Å². The van der Waals surface area contributed by atoms with E-state index in [1.165, 1.54) is 0 Å². The molecule has 1 fully saturated rings. The van der Waals surface area contributed by atoms with Crippen molar-refractivity contribution in [2.75, 3.05) is 13.1 Å². The number of carboxylic acids is 1. The largest absolute Gasteiger partial charge is 0.481 e. The minimum Gasteiger partial charge on any atom is -0.481 e. The van der Waals surface area contributed by atoms with Crippen molar-refractivity contribution < 1.29 is 19.1 Å². The second-order valence-corrected chi connectivity index (χ2v) is 5.77. The predicted octanol–water partition coefficient (Wildman–Crippen LogP) is 2.87. The molecule has 1 atom stereocenters. The van der Waals surface area contributed by atoms with E-state index in [1.54, 1.807) is 4.90 Å². The second kappa shape index (κ2) is 6.78. The molecule has 1 aromatic heterocycles. The number of amides is 1. The summed E-state index contributed by atoms with van der Waals surface area (Å²) in [5, 5.41) is 8.77. The molecule has 1 aliphatic heterocycles. The van der Waals surface area contributed by atoms with Crippen LogP contribution in [0.1, 0.15) is 54.5 Å². The number of aryl methyl sites for hydroxylation is 2. The fourth-order valence-corrected chi connectivity index (χ4v) is 2.89. The van der Waals surface area contributed by atoms with Crippen LogP contribution in [0.5, 0.6) is 0 Å². The van der Waals surface area contributed by atoms with Gasteiger partial charge in [-0.05, 0) is 38.2 Å². The molecule has 0 saturated carbocycles. The number of carbonyl (C=O) groups excluding carboxylic acids is 1. The molecule has 1 unspecified atom stereocenters. The summed E-state index contributed by atoms with van der Waals surface area (Å²) in [5.41, 5.74) is 0.879. The van der Waals surface area contributed by atoms with Crippen molar-refractivity contribution >= 4 is 11.9 Å². The lowest BCUT2D eigenvalue weighted by Gasteiger charge is -2.32. The minimum atomic E-state index is -0.770. The molecule has 2 heterocycles. The lowest BCUT2D eigenvalue weighted by Crippen LogP contribution is -2.40. The number of aliphatic carboxylic acids is 1. The van der Waals surface area contributed by atoms with Gasteiger partial charge in [0.1, 0.15) is 5.76 Å². The third kappa shape index (κ3) is 3.86. The second-order valence-electron chi connectivity index (χ2n) is 5.77. The number of rotatable bonds is 5. The zero-order valence-electron chi connectivity index (χ0n) is 12.7. The zero-order chi connectivity index (χ0) is 15.4. The van der Waals surface area contributed by atoms with Crippen LogP contribution in [0, 0.1) is 12.8 Å². The highest BCUT2D eigenvalue weighted by Crippen LogP contribution is 2.24. The highest BCUT2D eigenvalue weighted by atomic mass is 16.4. The van der Waals surface area contributed by atoms with E-state index >= 15 is 0 Å². The molecule has 0 radical (unpaired) electrons. The maximum absolute atomic E-state index is 12.5. The number of likely N-dealkylation sites (tertiary alicyclic amines) is 1. The summed E-state index contributed by atoms with van der Waals surface area (Å²) >= 11 is 0. The Labute approximate surface area is 124 Å². The summed E-state index contributed by atoms with van der Waals surface area (Å²) in [6, 6.07) is 1.92. The van der Waals surface area contributed by atoms with E-state index in [2.05, 4.69) is 0 Å². The van der Waals surface area contributed by atoms with Gasteiger partial charge in [0.05, 0.1) is 0 Å². The van der Waals surface area contributed by atoms with E-state index in [0.717, 1.165) is 37.1 Å². The molecular weight excluding hydrogens is 270 g/mol. The maximum atomic E-state index is 12.5. The summed E-state index contributed by atoms with van der Waals surface area (Å²) in [4.78, 5) is 25.0. The molecule has 21 heavy (non-hydrogen) atoms. The minimum absolute atomic E-state index is 0.0628. The van der Waals surface area contributed by atoms with Crippen molar-refractivity contribution in [3.05, 3.63) is 23.2 Å². The first-order valence-corrected chi connectivity index (χ1v) is 7.61. The van der Waals surface area contributed by atoms with Crippen molar-refractivity contribution in [2.24, 2.45) is 5.92 Å². The van der Waals surface area contributed by atoms with Crippen LogP contribution in [-0.2, 0) is 11.2 Å². The topological polar surface area (TPSA) is 70.8 Å². The van der Waals surface area contributed by atoms with E-state index in [4.69, 9.17) is 9.52 Å². The fourth-order valence-electron chi connectivity index (χ4n) is 2.89. The van der Waals surface area contributed by atoms with Gasteiger partial charge in [-0.2, -0.15) is 0 Å². The smallest absolute Gasteiger partial charge is 0.303 e. The standard InChI is InChI=1S/C16H23NO4/c1-3-13-9-11(2)15(21-13)16(20)17-8-4-5-12(10-17)6-7-14(18)19/h9,12H,3-8,10H2,1-2H3,(H,18,19). The summed E-state index contributed by atoms with van der Waals surface area (Å²) < 4.78 is 5.63. The van der Waals surface area contributed by atoms with Gasteiger partial charge in [0.25, 0.3) is 5.91 Å². The Morgan fingerprint density at radius 3 is 2.86 bits per heavy atom. The molecular formula is C16H23NO4. The number of carbonyl (C=O) groups is 2. The summed E-state index contributed by atoms with van der Waals surface area (Å²) in [7, 11) is 0. The number of hydrogen-bond acceptors (Lipinski definition) is 3. The average Bonchev–Trinajstić information content (AvgIpc) is 2.86. The molecule has 1 saturated heterocycles. The number of hydrogen-bond donors (Lipinski definition) is 1. The summed E-state index contributed by atoms with van der Waals surface area (Å²) in [6.45, 7) is 5.24. The summed E-state index contributed by atoms with van der Waals surface area (Å²) in [6.07, 6.45) is 3.50. The van der Waals surface area contributed by atoms with Crippen molar-refractivity contribution in [3.63, 3.8) is 0 Å². The first-order chi connectivity index (χ1) is 10.0. The van der Waals surface area contributed by atoms with E-state index in [-0.39, 0.29) is 18.2 Å². The Morgan fingerprint density at radius 1 is 1.48 bits per heavy atom. The van der Waals surface area contributed by atoms with E-state index in [1.807, 2.05) is 19.9 Å². The monoisotopic (exact) mass is 293 g/mol. The van der Waals surface area contributed by atoms with Crippen molar-refractivity contribution in [2.45, 2.75) is 46.0 Å². The molecule has 5 heteroatoms. The molecule has 0 spiro atoms. The Bertz CT molecular complexity index is 520. The molecule has 0 aliphatic carbocycles. The van der Waals surface area contributed by atoms with Crippen LogP contribution in [0.4, 0.5) is 0 Å². The maximum Gasteiger partial charge on any atom is 0.303 e. The Balaban J connectivity index is 2.01. The van der Waals surface area contributed by atoms with E-state index in [0.29, 0.717) is 18.7 Å². The molecule has 116 valence electrons. The molecule has 2 rings (SSSR count). The molecule has 0 aromatic carbocycles. The third-order valence-corrected chi connectivity index (χ3v) is 4.08. The number of nitrogens with zero attached hydrogens (tertiary/aromatic N) is 1. The van der Waals surface area contributed by atoms with Gasteiger partial charge in [0.15, 0.2) is 5.76 Å². The van der Waals surface area contributed by atoms with Gasteiger partial charge in [0.2, 0.25) is 0 Å². The Kier molecular flexibility index (Phi) is 5.04. The van der Waals surface area contributed by atoms with Gasteiger partial charge in [-0.3, -0.25) is 9.59 Å². The molecule has 5 nitrogen and oxygen atoms in total.